The minimum atomic E-state index is -0.00818. The molecule has 2 heterocycles. The lowest BCUT2D eigenvalue weighted by Gasteiger charge is -2.37. The molecule has 27 heavy (non-hydrogen) atoms. The molecule has 0 unspecified atom stereocenters. The van der Waals surface area contributed by atoms with Gasteiger partial charge in [-0.05, 0) is 26.2 Å². The number of piperidine rings is 1. The average Bonchev–Trinajstić information content (AvgIpc) is 2.66. The molecule has 0 spiro atoms. The van der Waals surface area contributed by atoms with E-state index in [1.165, 1.54) is 6.42 Å². The SMILES string of the molecule is CCNC(=NCC(=O)N(C)C)N1CCN(CC(=O)N2CCCCC2)CC1.I. The number of halogens is 1. The van der Waals surface area contributed by atoms with Gasteiger partial charge in [0.1, 0.15) is 6.54 Å². The average molecular weight is 494 g/mol. The third-order valence-corrected chi connectivity index (χ3v) is 4.94. The van der Waals surface area contributed by atoms with Gasteiger partial charge in [0.25, 0.3) is 0 Å². The lowest BCUT2D eigenvalue weighted by atomic mass is 10.1. The monoisotopic (exact) mass is 494 g/mol. The number of piperazine rings is 1. The summed E-state index contributed by atoms with van der Waals surface area (Å²) in [6, 6.07) is 0. The molecule has 2 saturated heterocycles. The van der Waals surface area contributed by atoms with Gasteiger partial charge in [0.15, 0.2) is 5.96 Å². The molecule has 0 radical (unpaired) electrons. The van der Waals surface area contributed by atoms with Crippen LogP contribution in [0.1, 0.15) is 26.2 Å². The third kappa shape index (κ3) is 7.81. The Hall–Kier alpha value is -1.10. The lowest BCUT2D eigenvalue weighted by molar-refractivity contribution is -0.133. The number of carbonyl (C=O) groups excluding carboxylic acids is 2. The third-order valence-electron chi connectivity index (χ3n) is 4.94. The van der Waals surface area contributed by atoms with Gasteiger partial charge in [0.2, 0.25) is 11.8 Å². The van der Waals surface area contributed by atoms with Gasteiger partial charge in [0, 0.05) is 59.9 Å². The second kappa shape index (κ2) is 12.4. The molecule has 0 aromatic heterocycles. The predicted molar refractivity (Wildman–Crippen MR) is 119 cm³/mol. The summed E-state index contributed by atoms with van der Waals surface area (Å²) in [5.41, 5.74) is 0. The molecule has 8 nitrogen and oxygen atoms in total. The van der Waals surface area contributed by atoms with E-state index in [2.05, 4.69) is 20.1 Å². The maximum Gasteiger partial charge on any atom is 0.243 e. The number of hydrogen-bond donors (Lipinski definition) is 1. The van der Waals surface area contributed by atoms with Gasteiger partial charge >= 0.3 is 0 Å². The summed E-state index contributed by atoms with van der Waals surface area (Å²) >= 11 is 0. The number of likely N-dealkylation sites (tertiary alicyclic amines) is 1. The van der Waals surface area contributed by atoms with Crippen LogP contribution in [0.4, 0.5) is 0 Å². The second-order valence-electron chi connectivity index (χ2n) is 7.16. The molecule has 0 atom stereocenters. The molecule has 0 bridgehead atoms. The Bertz CT molecular complexity index is 500. The van der Waals surface area contributed by atoms with E-state index in [-0.39, 0.29) is 42.3 Å². The van der Waals surface area contributed by atoms with Crippen molar-refractivity contribution >= 4 is 41.8 Å². The van der Waals surface area contributed by atoms with Crippen molar-refractivity contribution in [3.05, 3.63) is 0 Å². The van der Waals surface area contributed by atoms with Crippen LogP contribution < -0.4 is 5.32 Å². The molecule has 2 aliphatic rings. The highest BCUT2D eigenvalue weighted by atomic mass is 127. The number of rotatable bonds is 5. The zero-order valence-corrected chi connectivity index (χ0v) is 19.3. The number of nitrogens with one attached hydrogen (secondary N) is 1. The van der Waals surface area contributed by atoms with Crippen molar-refractivity contribution in [2.45, 2.75) is 26.2 Å². The van der Waals surface area contributed by atoms with E-state index in [9.17, 15) is 9.59 Å². The highest BCUT2D eigenvalue weighted by Crippen LogP contribution is 2.10. The number of carbonyl (C=O) groups is 2. The van der Waals surface area contributed by atoms with Crippen molar-refractivity contribution < 1.29 is 9.59 Å². The van der Waals surface area contributed by atoms with E-state index in [0.29, 0.717) is 6.54 Å². The Kier molecular flexibility index (Phi) is 11.0. The topological polar surface area (TPSA) is 71.5 Å². The Morgan fingerprint density at radius 1 is 0.963 bits per heavy atom. The van der Waals surface area contributed by atoms with E-state index >= 15 is 0 Å². The van der Waals surface area contributed by atoms with Crippen LogP contribution in [-0.4, -0.2) is 110 Å². The van der Waals surface area contributed by atoms with Crippen LogP contribution in [0.25, 0.3) is 0 Å². The second-order valence-corrected chi connectivity index (χ2v) is 7.16. The number of aliphatic imine (C=N–C) groups is 1. The molecule has 2 aliphatic heterocycles. The largest absolute Gasteiger partial charge is 0.357 e. The minimum Gasteiger partial charge on any atom is -0.357 e. The highest BCUT2D eigenvalue weighted by Gasteiger charge is 2.24. The van der Waals surface area contributed by atoms with E-state index in [4.69, 9.17) is 0 Å². The number of amides is 2. The van der Waals surface area contributed by atoms with Crippen molar-refractivity contribution in [3.8, 4) is 0 Å². The Morgan fingerprint density at radius 3 is 2.15 bits per heavy atom. The maximum absolute atomic E-state index is 12.4. The van der Waals surface area contributed by atoms with Gasteiger partial charge in [-0.15, -0.1) is 24.0 Å². The van der Waals surface area contributed by atoms with Crippen molar-refractivity contribution in [1.82, 2.24) is 24.9 Å². The van der Waals surface area contributed by atoms with Crippen LogP contribution in [0.3, 0.4) is 0 Å². The Labute approximate surface area is 180 Å². The molecule has 156 valence electrons. The fraction of sp³-hybridized carbons (Fsp3) is 0.833. The van der Waals surface area contributed by atoms with Gasteiger partial charge in [-0.2, -0.15) is 0 Å². The predicted octanol–water partition coefficient (Wildman–Crippen LogP) is 0.288. The highest BCUT2D eigenvalue weighted by molar-refractivity contribution is 14.0. The zero-order valence-electron chi connectivity index (χ0n) is 16.9. The fourth-order valence-corrected chi connectivity index (χ4v) is 3.26. The lowest BCUT2D eigenvalue weighted by Crippen LogP contribution is -2.54. The van der Waals surface area contributed by atoms with Gasteiger partial charge < -0.3 is 20.0 Å². The first kappa shape index (κ1) is 23.9. The normalized spacial score (nSPS) is 18.7. The van der Waals surface area contributed by atoms with E-state index in [0.717, 1.165) is 64.6 Å². The smallest absolute Gasteiger partial charge is 0.243 e. The summed E-state index contributed by atoms with van der Waals surface area (Å²) < 4.78 is 0. The molecule has 1 N–H and O–H groups in total. The molecule has 2 rings (SSSR count). The molecule has 2 amide bonds. The van der Waals surface area contributed by atoms with Gasteiger partial charge in [-0.1, -0.05) is 0 Å². The maximum atomic E-state index is 12.4. The van der Waals surface area contributed by atoms with Crippen LogP contribution in [0, 0.1) is 0 Å². The summed E-state index contributed by atoms with van der Waals surface area (Å²) in [5.74, 6) is 1.03. The number of hydrogen-bond acceptors (Lipinski definition) is 4. The first-order chi connectivity index (χ1) is 12.5. The standard InChI is InChI=1S/C18H34N6O2.HI/c1-4-19-18(20-14-16(25)21(2)3)24-12-10-22(11-13-24)15-17(26)23-8-6-5-7-9-23;/h4-15H2,1-3H3,(H,19,20);1H. The first-order valence-corrected chi connectivity index (χ1v) is 9.74. The van der Waals surface area contributed by atoms with Crippen molar-refractivity contribution in [2.75, 3.05) is 73.0 Å². The van der Waals surface area contributed by atoms with Gasteiger partial charge in [-0.25, -0.2) is 4.99 Å². The summed E-state index contributed by atoms with van der Waals surface area (Å²) in [5, 5.41) is 3.27. The van der Waals surface area contributed by atoms with Crippen molar-refractivity contribution in [3.63, 3.8) is 0 Å². The molecule has 0 aromatic carbocycles. The molecule has 0 aliphatic carbocycles. The number of nitrogens with zero attached hydrogens (tertiary/aromatic N) is 5. The van der Waals surface area contributed by atoms with E-state index in [1.54, 1.807) is 19.0 Å². The minimum absolute atomic E-state index is 0. The van der Waals surface area contributed by atoms with Crippen LogP contribution in [0.5, 0.6) is 0 Å². The Balaban J connectivity index is 0.00000364. The molecule has 0 aromatic rings. The van der Waals surface area contributed by atoms with Crippen molar-refractivity contribution in [2.24, 2.45) is 4.99 Å². The van der Waals surface area contributed by atoms with Gasteiger partial charge in [0.05, 0.1) is 6.54 Å². The van der Waals surface area contributed by atoms with Crippen LogP contribution >= 0.6 is 24.0 Å². The summed E-state index contributed by atoms with van der Waals surface area (Å²) in [6.45, 7) is 8.59. The summed E-state index contributed by atoms with van der Waals surface area (Å²) in [4.78, 5) is 36.6. The fourth-order valence-electron chi connectivity index (χ4n) is 3.26. The first-order valence-electron chi connectivity index (χ1n) is 9.74. The number of likely N-dealkylation sites (N-methyl/N-ethyl adjacent to an activating group) is 1. The molecular weight excluding hydrogens is 459 g/mol. The Morgan fingerprint density at radius 2 is 1.59 bits per heavy atom. The van der Waals surface area contributed by atoms with E-state index in [1.807, 2.05) is 11.8 Å². The number of guanidine groups is 1. The summed E-state index contributed by atoms with van der Waals surface area (Å²) in [6.07, 6.45) is 3.51. The summed E-state index contributed by atoms with van der Waals surface area (Å²) in [7, 11) is 3.48. The molecule has 2 fully saturated rings. The van der Waals surface area contributed by atoms with Crippen LogP contribution in [-0.2, 0) is 9.59 Å². The molecule has 9 heteroatoms. The molecular formula is C18H35IN6O2. The molecule has 0 saturated carbocycles. The zero-order chi connectivity index (χ0) is 18.9. The van der Waals surface area contributed by atoms with Gasteiger partial charge in [-0.3, -0.25) is 14.5 Å². The van der Waals surface area contributed by atoms with Crippen LogP contribution in [0.15, 0.2) is 4.99 Å². The van der Waals surface area contributed by atoms with E-state index < -0.39 is 0 Å². The quantitative estimate of drug-likeness (QED) is 0.338. The van der Waals surface area contributed by atoms with Crippen LogP contribution in [0.2, 0.25) is 0 Å². The van der Waals surface area contributed by atoms with Crippen molar-refractivity contribution in [1.29, 1.82) is 0 Å².